The lowest BCUT2D eigenvalue weighted by atomic mass is 10.0. The first-order valence-corrected chi connectivity index (χ1v) is 7.62. The second-order valence-corrected chi connectivity index (χ2v) is 5.99. The highest BCUT2D eigenvalue weighted by Crippen LogP contribution is 2.24. The van der Waals surface area contributed by atoms with Gasteiger partial charge < -0.3 is 16.8 Å². The molecule has 1 aromatic rings. The van der Waals surface area contributed by atoms with Gasteiger partial charge in [0, 0.05) is 24.8 Å². The van der Waals surface area contributed by atoms with Gasteiger partial charge in [0.25, 0.3) is 5.91 Å². The molecule has 2 amide bonds. The van der Waals surface area contributed by atoms with Gasteiger partial charge in [-0.25, -0.2) is 0 Å². The van der Waals surface area contributed by atoms with Crippen LogP contribution in [0.2, 0.25) is 0 Å². The average Bonchev–Trinajstić information content (AvgIpc) is 2.43. The van der Waals surface area contributed by atoms with Gasteiger partial charge in [0.05, 0.1) is 16.6 Å². The van der Waals surface area contributed by atoms with E-state index in [1.54, 1.807) is 18.2 Å². The highest BCUT2D eigenvalue weighted by atomic mass is 79.9. The Balaban J connectivity index is 1.90. The largest absolute Gasteiger partial charge is 0.398 e. The van der Waals surface area contributed by atoms with Gasteiger partial charge in [-0.1, -0.05) is 6.07 Å². The van der Waals surface area contributed by atoms with Crippen LogP contribution in [0.4, 0.5) is 5.69 Å². The average molecular weight is 355 g/mol. The molecule has 1 heterocycles. The quantitative estimate of drug-likeness (QED) is 0.693. The number of primary amides is 1. The van der Waals surface area contributed by atoms with Crippen molar-refractivity contribution in [2.24, 2.45) is 5.73 Å². The molecule has 7 heteroatoms. The molecule has 1 aliphatic heterocycles. The zero-order valence-corrected chi connectivity index (χ0v) is 13.2. The Kier molecular flexibility index (Phi) is 5.19. The molecule has 0 aliphatic carbocycles. The number of nitrogen functional groups attached to an aromatic ring is 1. The number of carbonyl (C=O) groups is 2. The fourth-order valence-electron chi connectivity index (χ4n) is 2.44. The number of nitrogens with one attached hydrogen (secondary N) is 1. The Morgan fingerprint density at radius 2 is 2.00 bits per heavy atom. The van der Waals surface area contributed by atoms with Gasteiger partial charge in [0.1, 0.15) is 0 Å². The smallest absolute Gasteiger partial charge is 0.252 e. The van der Waals surface area contributed by atoms with E-state index in [1.807, 2.05) is 4.90 Å². The molecule has 1 fully saturated rings. The monoisotopic (exact) mass is 354 g/mol. The lowest BCUT2D eigenvalue weighted by molar-refractivity contribution is -0.119. The van der Waals surface area contributed by atoms with Crippen LogP contribution < -0.4 is 16.8 Å². The number of nitrogens with zero attached hydrogens (tertiary/aromatic N) is 1. The van der Waals surface area contributed by atoms with E-state index in [0.717, 1.165) is 25.9 Å². The lowest BCUT2D eigenvalue weighted by Gasteiger charge is -2.31. The minimum atomic E-state index is -0.318. The molecule has 0 saturated carbocycles. The molecule has 1 saturated heterocycles. The van der Waals surface area contributed by atoms with Gasteiger partial charge in [-0.05, 0) is 40.9 Å². The van der Waals surface area contributed by atoms with Crippen LogP contribution in [0.1, 0.15) is 23.2 Å². The van der Waals surface area contributed by atoms with Crippen LogP contribution in [-0.4, -0.2) is 42.4 Å². The number of rotatable bonds is 4. The van der Waals surface area contributed by atoms with Crippen molar-refractivity contribution in [1.82, 2.24) is 10.2 Å². The summed E-state index contributed by atoms with van der Waals surface area (Å²) in [5, 5.41) is 3.01. The number of likely N-dealkylation sites (tertiary alicyclic amines) is 1. The maximum atomic E-state index is 12.3. The van der Waals surface area contributed by atoms with Crippen molar-refractivity contribution in [2.75, 3.05) is 25.4 Å². The summed E-state index contributed by atoms with van der Waals surface area (Å²) in [6, 6.07) is 5.33. The molecule has 0 unspecified atom stereocenters. The van der Waals surface area contributed by atoms with E-state index >= 15 is 0 Å². The van der Waals surface area contributed by atoms with Crippen LogP contribution in [0, 0.1) is 0 Å². The number of hydrogen-bond donors (Lipinski definition) is 3. The second-order valence-electron chi connectivity index (χ2n) is 5.20. The van der Waals surface area contributed by atoms with Crippen LogP contribution in [-0.2, 0) is 4.79 Å². The molecule has 6 nitrogen and oxygen atoms in total. The summed E-state index contributed by atoms with van der Waals surface area (Å²) in [5.41, 5.74) is 12.0. The summed E-state index contributed by atoms with van der Waals surface area (Å²) in [6.45, 7) is 1.79. The third-order valence-electron chi connectivity index (χ3n) is 3.58. The van der Waals surface area contributed by atoms with E-state index < -0.39 is 0 Å². The van der Waals surface area contributed by atoms with Gasteiger partial charge in [-0.15, -0.1) is 0 Å². The predicted molar refractivity (Wildman–Crippen MR) is 84.7 cm³/mol. The Bertz CT molecular complexity index is 542. The van der Waals surface area contributed by atoms with Crippen molar-refractivity contribution < 1.29 is 9.59 Å². The van der Waals surface area contributed by atoms with E-state index in [1.165, 1.54) is 0 Å². The van der Waals surface area contributed by atoms with Crippen LogP contribution in [0.25, 0.3) is 0 Å². The minimum Gasteiger partial charge on any atom is -0.398 e. The van der Waals surface area contributed by atoms with E-state index in [0.29, 0.717) is 15.7 Å². The normalized spacial score (nSPS) is 16.6. The zero-order chi connectivity index (χ0) is 15.4. The highest BCUT2D eigenvalue weighted by Gasteiger charge is 2.22. The fraction of sp³-hybridized carbons (Fsp3) is 0.429. The number of carbonyl (C=O) groups excluding carboxylic acids is 2. The number of amides is 2. The molecule has 1 aromatic carbocycles. The Hall–Kier alpha value is -1.60. The van der Waals surface area contributed by atoms with Gasteiger partial charge in [0.15, 0.2) is 0 Å². The van der Waals surface area contributed by atoms with Crippen molar-refractivity contribution >= 4 is 33.4 Å². The van der Waals surface area contributed by atoms with Crippen molar-refractivity contribution in [3.05, 3.63) is 28.2 Å². The zero-order valence-electron chi connectivity index (χ0n) is 11.6. The second kappa shape index (κ2) is 6.91. The van der Waals surface area contributed by atoms with Gasteiger partial charge in [0.2, 0.25) is 5.91 Å². The number of nitrogens with two attached hydrogens (primary N) is 2. The topological polar surface area (TPSA) is 101 Å². The first-order valence-electron chi connectivity index (χ1n) is 6.83. The van der Waals surface area contributed by atoms with Crippen LogP contribution in [0.3, 0.4) is 0 Å². The molecule has 0 aromatic heterocycles. The highest BCUT2D eigenvalue weighted by molar-refractivity contribution is 9.10. The van der Waals surface area contributed by atoms with E-state index in [9.17, 15) is 9.59 Å². The summed E-state index contributed by atoms with van der Waals surface area (Å²) in [7, 11) is 0. The van der Waals surface area contributed by atoms with Crippen molar-refractivity contribution in [1.29, 1.82) is 0 Å². The molecule has 21 heavy (non-hydrogen) atoms. The predicted octanol–water partition coefficient (Wildman–Crippen LogP) is 0.711. The number of halogens is 1. The third-order valence-corrected chi connectivity index (χ3v) is 4.46. The molecule has 5 N–H and O–H groups in total. The molecular formula is C14H19BrN4O2. The van der Waals surface area contributed by atoms with Crippen molar-refractivity contribution in [2.45, 2.75) is 18.9 Å². The molecule has 114 valence electrons. The number of benzene rings is 1. The Labute approximate surface area is 132 Å². The Morgan fingerprint density at radius 1 is 1.33 bits per heavy atom. The number of piperidine rings is 1. The number of hydrogen-bond acceptors (Lipinski definition) is 4. The minimum absolute atomic E-state index is 0.106. The standard InChI is InChI=1S/C14H19BrN4O2/c15-13-10(2-1-3-11(13)16)14(21)18-9-4-6-19(7-5-9)8-12(17)20/h1-3,9H,4-8,16H2,(H2,17,20)(H,18,21). The third kappa shape index (κ3) is 4.18. The summed E-state index contributed by atoms with van der Waals surface area (Å²) in [5.74, 6) is -0.455. The van der Waals surface area contributed by atoms with Crippen LogP contribution >= 0.6 is 15.9 Å². The molecule has 0 spiro atoms. The molecule has 0 atom stereocenters. The fourth-order valence-corrected chi connectivity index (χ4v) is 2.89. The van der Waals surface area contributed by atoms with Gasteiger partial charge in [-0.2, -0.15) is 0 Å². The molecule has 1 aliphatic rings. The van der Waals surface area contributed by atoms with Crippen LogP contribution in [0.5, 0.6) is 0 Å². The SMILES string of the molecule is NC(=O)CN1CCC(NC(=O)c2cccc(N)c2Br)CC1. The summed E-state index contributed by atoms with van der Waals surface area (Å²) < 4.78 is 0.619. The van der Waals surface area contributed by atoms with E-state index in [-0.39, 0.29) is 24.4 Å². The van der Waals surface area contributed by atoms with Crippen molar-refractivity contribution in [3.63, 3.8) is 0 Å². The number of anilines is 1. The molecular weight excluding hydrogens is 336 g/mol. The van der Waals surface area contributed by atoms with E-state index in [2.05, 4.69) is 21.2 Å². The summed E-state index contributed by atoms with van der Waals surface area (Å²) in [4.78, 5) is 25.1. The van der Waals surface area contributed by atoms with Gasteiger partial charge >= 0.3 is 0 Å². The lowest BCUT2D eigenvalue weighted by Crippen LogP contribution is -2.46. The molecule has 0 radical (unpaired) electrons. The Morgan fingerprint density at radius 3 is 2.62 bits per heavy atom. The van der Waals surface area contributed by atoms with Crippen molar-refractivity contribution in [3.8, 4) is 0 Å². The maximum absolute atomic E-state index is 12.3. The van der Waals surface area contributed by atoms with Crippen LogP contribution in [0.15, 0.2) is 22.7 Å². The molecule has 0 bridgehead atoms. The molecule has 2 rings (SSSR count). The summed E-state index contributed by atoms with van der Waals surface area (Å²) in [6.07, 6.45) is 1.61. The van der Waals surface area contributed by atoms with E-state index in [4.69, 9.17) is 11.5 Å². The first kappa shape index (κ1) is 15.8. The maximum Gasteiger partial charge on any atom is 0.252 e. The summed E-state index contributed by atoms with van der Waals surface area (Å²) >= 11 is 3.34. The first-order chi connectivity index (χ1) is 9.97. The van der Waals surface area contributed by atoms with Gasteiger partial charge in [-0.3, -0.25) is 14.5 Å².